The van der Waals surface area contributed by atoms with Crippen LogP contribution in [-0.4, -0.2) is 32.5 Å². The molecule has 29 heavy (non-hydrogen) atoms. The van der Waals surface area contributed by atoms with E-state index in [9.17, 15) is 13.2 Å². The van der Waals surface area contributed by atoms with Crippen LogP contribution in [0.4, 0.5) is 24.5 Å². The van der Waals surface area contributed by atoms with E-state index in [4.69, 9.17) is 0 Å². The summed E-state index contributed by atoms with van der Waals surface area (Å²) in [6, 6.07) is 10.7. The molecule has 3 aliphatic heterocycles. The Morgan fingerprint density at radius 2 is 2.03 bits per heavy atom. The van der Waals surface area contributed by atoms with E-state index < -0.39 is 6.36 Å². The summed E-state index contributed by atoms with van der Waals surface area (Å²) in [5.41, 5.74) is 5.58. The molecule has 0 spiro atoms. The van der Waals surface area contributed by atoms with Crippen molar-refractivity contribution in [3.63, 3.8) is 0 Å². The van der Waals surface area contributed by atoms with Crippen LogP contribution in [-0.2, 0) is 13.0 Å². The molecule has 0 bridgehead atoms. The predicted molar refractivity (Wildman–Crippen MR) is 107 cm³/mol. The standard InChI is InChI=1S/C22H24F3N3O/c23-22(24,25)29-20-6-2-1-4-15(20)11-27-17-8-14-5-3-7-28-13-16-10-26-12-19(16)18(9-17)21(14)28/h1-2,4,6,8-9,16,19,26-27H,3,5,7,10-13H2/t16-,19-/m1/s1. The fraction of sp³-hybridized carbons (Fsp3) is 0.455. The second kappa shape index (κ2) is 7.13. The number of nitrogens with zero attached hydrogens (tertiary/aromatic N) is 1. The number of hydrogen-bond acceptors (Lipinski definition) is 4. The molecule has 0 amide bonds. The molecule has 3 aliphatic rings. The third-order valence-corrected chi connectivity index (χ3v) is 6.28. The van der Waals surface area contributed by atoms with Crippen LogP contribution < -0.4 is 20.3 Å². The second-order valence-corrected chi connectivity index (χ2v) is 8.16. The third-order valence-electron chi connectivity index (χ3n) is 6.28. The van der Waals surface area contributed by atoms with Gasteiger partial charge in [-0.25, -0.2) is 0 Å². The van der Waals surface area contributed by atoms with Crippen molar-refractivity contribution in [1.29, 1.82) is 0 Å². The highest BCUT2D eigenvalue weighted by Gasteiger charge is 2.39. The van der Waals surface area contributed by atoms with Crippen LogP contribution in [0.3, 0.4) is 0 Å². The van der Waals surface area contributed by atoms with Crippen molar-refractivity contribution in [3.05, 3.63) is 53.1 Å². The van der Waals surface area contributed by atoms with Crippen LogP contribution in [0.2, 0.25) is 0 Å². The predicted octanol–water partition coefficient (Wildman–Crippen LogP) is 4.27. The summed E-state index contributed by atoms with van der Waals surface area (Å²) in [5, 5.41) is 6.87. The fourth-order valence-electron chi connectivity index (χ4n) is 5.08. The topological polar surface area (TPSA) is 36.5 Å². The van der Waals surface area contributed by atoms with Gasteiger partial charge >= 0.3 is 6.36 Å². The molecule has 0 saturated carbocycles. The summed E-state index contributed by atoms with van der Waals surface area (Å²) >= 11 is 0. The average molecular weight is 403 g/mol. The van der Waals surface area contributed by atoms with E-state index in [1.165, 1.54) is 22.9 Å². The quantitative estimate of drug-likeness (QED) is 0.800. The zero-order valence-corrected chi connectivity index (χ0v) is 16.1. The summed E-state index contributed by atoms with van der Waals surface area (Å²) in [7, 11) is 0. The number of rotatable bonds is 4. The van der Waals surface area contributed by atoms with Gasteiger partial charge in [-0.2, -0.15) is 0 Å². The maximum atomic E-state index is 12.7. The molecule has 1 fully saturated rings. The summed E-state index contributed by atoms with van der Waals surface area (Å²) in [5.74, 6) is 0.989. The number of halogens is 3. The minimum Gasteiger partial charge on any atom is -0.405 e. The number of hydrogen-bond donors (Lipinski definition) is 2. The maximum Gasteiger partial charge on any atom is 0.573 e. The van der Waals surface area contributed by atoms with Gasteiger partial charge in [-0.1, -0.05) is 18.2 Å². The maximum absolute atomic E-state index is 12.7. The van der Waals surface area contributed by atoms with Crippen molar-refractivity contribution >= 4 is 11.4 Å². The van der Waals surface area contributed by atoms with Gasteiger partial charge in [0.25, 0.3) is 0 Å². The second-order valence-electron chi connectivity index (χ2n) is 8.16. The third kappa shape index (κ3) is 3.64. The number of nitrogens with one attached hydrogen (secondary N) is 2. The van der Waals surface area contributed by atoms with E-state index >= 15 is 0 Å². The summed E-state index contributed by atoms with van der Waals surface area (Å²) in [6.45, 7) is 4.55. The summed E-state index contributed by atoms with van der Waals surface area (Å²) in [4.78, 5) is 2.53. The Labute approximate surface area is 168 Å². The zero-order chi connectivity index (χ0) is 20.0. The largest absolute Gasteiger partial charge is 0.573 e. The number of ether oxygens (including phenoxy) is 1. The van der Waals surface area contributed by atoms with Crippen molar-refractivity contribution in [2.24, 2.45) is 5.92 Å². The lowest BCUT2D eigenvalue weighted by atomic mass is 9.80. The highest BCUT2D eigenvalue weighted by atomic mass is 19.4. The van der Waals surface area contributed by atoms with Gasteiger partial charge in [0.05, 0.1) is 0 Å². The Kier molecular flexibility index (Phi) is 4.57. The van der Waals surface area contributed by atoms with Crippen molar-refractivity contribution in [2.75, 3.05) is 36.4 Å². The molecule has 0 unspecified atom stereocenters. The van der Waals surface area contributed by atoms with Crippen LogP contribution in [0.25, 0.3) is 0 Å². The number of fused-ring (bicyclic) bond motifs is 2. The molecule has 0 radical (unpaired) electrons. The Hall–Kier alpha value is -2.41. The Bertz CT molecular complexity index is 915. The molecule has 7 heteroatoms. The molecule has 0 aliphatic carbocycles. The highest BCUT2D eigenvalue weighted by Crippen LogP contribution is 2.45. The lowest BCUT2D eigenvalue weighted by molar-refractivity contribution is -0.274. The van der Waals surface area contributed by atoms with Crippen LogP contribution in [0.1, 0.15) is 29.0 Å². The fourth-order valence-corrected chi connectivity index (χ4v) is 5.08. The van der Waals surface area contributed by atoms with Crippen LogP contribution in [0, 0.1) is 5.92 Å². The van der Waals surface area contributed by atoms with Gasteiger partial charge in [-0.15, -0.1) is 13.2 Å². The number of anilines is 2. The first kappa shape index (κ1) is 18.6. The number of para-hydroxylation sites is 1. The smallest absolute Gasteiger partial charge is 0.405 e. The van der Waals surface area contributed by atoms with Crippen molar-refractivity contribution in [3.8, 4) is 5.75 Å². The Balaban J connectivity index is 1.42. The van der Waals surface area contributed by atoms with E-state index in [2.05, 4.69) is 32.4 Å². The molecule has 3 heterocycles. The Morgan fingerprint density at radius 1 is 1.17 bits per heavy atom. The van der Waals surface area contributed by atoms with E-state index in [0.717, 1.165) is 44.7 Å². The van der Waals surface area contributed by atoms with Gasteiger partial charge in [0.2, 0.25) is 0 Å². The first-order valence-corrected chi connectivity index (χ1v) is 10.2. The number of aryl methyl sites for hydroxylation is 1. The van der Waals surface area contributed by atoms with Crippen LogP contribution in [0.15, 0.2) is 36.4 Å². The SMILES string of the molecule is FC(F)(F)Oc1ccccc1CNc1cc2c3c(c1)[C@@H]1CNC[C@@H]1CN3CCC2. The molecule has 2 atom stereocenters. The molecular formula is C22H24F3N3O. The van der Waals surface area contributed by atoms with Gasteiger partial charge in [-0.3, -0.25) is 0 Å². The summed E-state index contributed by atoms with van der Waals surface area (Å²) < 4.78 is 42.2. The van der Waals surface area contributed by atoms with Crippen LogP contribution in [0.5, 0.6) is 5.75 Å². The molecular weight excluding hydrogens is 379 g/mol. The van der Waals surface area contributed by atoms with Gasteiger partial charge in [0, 0.05) is 55.6 Å². The first-order chi connectivity index (χ1) is 14.0. The van der Waals surface area contributed by atoms with Gasteiger partial charge in [-0.05, 0) is 48.1 Å². The minimum absolute atomic E-state index is 0.155. The van der Waals surface area contributed by atoms with Gasteiger partial charge in [0.1, 0.15) is 5.75 Å². The molecule has 5 rings (SSSR count). The van der Waals surface area contributed by atoms with Gasteiger partial charge < -0.3 is 20.3 Å². The van der Waals surface area contributed by atoms with Crippen LogP contribution >= 0.6 is 0 Å². The summed E-state index contributed by atoms with van der Waals surface area (Å²) in [6.07, 6.45) is -2.50. The van der Waals surface area contributed by atoms with Crippen molar-refractivity contribution in [2.45, 2.75) is 31.7 Å². The molecule has 2 aromatic rings. The lowest BCUT2D eigenvalue weighted by Crippen LogP contribution is -2.41. The van der Waals surface area contributed by atoms with Crippen molar-refractivity contribution in [1.82, 2.24) is 5.32 Å². The lowest BCUT2D eigenvalue weighted by Gasteiger charge is -2.42. The molecule has 0 aromatic heterocycles. The Morgan fingerprint density at radius 3 is 2.90 bits per heavy atom. The van der Waals surface area contributed by atoms with E-state index in [1.54, 1.807) is 18.2 Å². The monoisotopic (exact) mass is 403 g/mol. The average Bonchev–Trinajstić information content (AvgIpc) is 3.15. The number of benzene rings is 2. The zero-order valence-electron chi connectivity index (χ0n) is 16.1. The van der Waals surface area contributed by atoms with Gasteiger partial charge in [0.15, 0.2) is 0 Å². The molecule has 2 aromatic carbocycles. The van der Waals surface area contributed by atoms with E-state index in [0.29, 0.717) is 17.4 Å². The molecule has 4 nitrogen and oxygen atoms in total. The number of alkyl halides is 3. The van der Waals surface area contributed by atoms with Crippen molar-refractivity contribution < 1.29 is 17.9 Å². The molecule has 154 valence electrons. The van der Waals surface area contributed by atoms with E-state index in [-0.39, 0.29) is 12.3 Å². The molecule has 2 N–H and O–H groups in total. The first-order valence-electron chi connectivity index (χ1n) is 10.2. The highest BCUT2D eigenvalue weighted by molar-refractivity contribution is 5.70. The normalized spacial score (nSPS) is 22.8. The minimum atomic E-state index is -4.69. The molecule has 1 saturated heterocycles. The van der Waals surface area contributed by atoms with E-state index in [1.807, 2.05) is 0 Å².